The van der Waals surface area contributed by atoms with Crippen molar-refractivity contribution < 1.29 is 29.7 Å². The molecule has 0 aliphatic rings. The van der Waals surface area contributed by atoms with Gasteiger partial charge in [-0.05, 0) is 81.4 Å². The molecule has 9 aromatic rings. The summed E-state index contributed by atoms with van der Waals surface area (Å²) in [6, 6.07) is 44.7. The molecule has 0 aliphatic heterocycles. The number of hydrogen-bond donors (Lipinski definition) is 0. The quantitative estimate of drug-likeness (QED) is 0.107. The average molecular weight is 1100 g/mol. The van der Waals surface area contributed by atoms with E-state index >= 15 is 0 Å². The summed E-state index contributed by atoms with van der Waals surface area (Å²) in [7, 11) is 0. The van der Waals surface area contributed by atoms with Crippen molar-refractivity contribution in [2.75, 3.05) is 0 Å². The number of aryl methyl sites for hydroxylation is 3. The predicted molar refractivity (Wildman–Crippen MR) is 276 cm³/mol. The third-order valence-corrected chi connectivity index (χ3v) is 16.9. The second kappa shape index (κ2) is 19.4. The van der Waals surface area contributed by atoms with E-state index in [9.17, 15) is 2.74 Å². The summed E-state index contributed by atoms with van der Waals surface area (Å²) >= 11 is -0.537. The van der Waals surface area contributed by atoms with Crippen LogP contribution in [0.4, 0.5) is 0 Å². The number of hydrogen-bond acceptors (Lipinski definition) is 3. The van der Waals surface area contributed by atoms with E-state index in [-0.39, 0.29) is 31.6 Å². The van der Waals surface area contributed by atoms with Gasteiger partial charge in [-0.3, -0.25) is 4.98 Å². The number of thiophene rings is 1. The largest absolute Gasteiger partial charge is 0 e. The van der Waals surface area contributed by atoms with Crippen LogP contribution in [0.3, 0.4) is 0 Å². The van der Waals surface area contributed by atoms with E-state index in [0.717, 1.165) is 59.5 Å². The topological polar surface area (TPSA) is 30.7 Å². The van der Waals surface area contributed by atoms with Gasteiger partial charge in [0.1, 0.15) is 0 Å². The maximum absolute atomic E-state index is 9.41. The normalized spacial score (nSPS) is 14.2. The van der Waals surface area contributed by atoms with Crippen LogP contribution in [0.5, 0.6) is 0 Å². The van der Waals surface area contributed by atoms with Crippen LogP contribution in [0.25, 0.3) is 70.7 Å². The minimum Gasteiger partial charge on any atom is 0 e. The molecule has 3 heterocycles. The molecule has 0 unspecified atom stereocenters. The van der Waals surface area contributed by atoms with Gasteiger partial charge in [0.2, 0.25) is 0 Å². The maximum atomic E-state index is 9.41. The average Bonchev–Trinajstić information content (AvgIpc) is 3.87. The van der Waals surface area contributed by atoms with Gasteiger partial charge in [-0.1, -0.05) is 106 Å². The van der Waals surface area contributed by atoms with Crippen molar-refractivity contribution in [3.8, 4) is 39.5 Å². The van der Waals surface area contributed by atoms with Gasteiger partial charge in [0.15, 0.2) is 0 Å². The molecule has 0 fully saturated rings. The molecule has 0 N–H and O–H groups in total. The van der Waals surface area contributed by atoms with Crippen molar-refractivity contribution >= 4 is 60.2 Å². The van der Waals surface area contributed by atoms with Crippen LogP contribution in [-0.2, 0) is 26.5 Å². The van der Waals surface area contributed by atoms with E-state index in [2.05, 4.69) is 107 Å². The Kier molecular flexibility index (Phi) is 11.7. The molecular formula is C58H61GeIrN3S-2. The molecule has 0 aliphatic carbocycles. The molecule has 0 atom stereocenters. The monoisotopic (exact) mass is 1110 g/mol. The van der Waals surface area contributed by atoms with Crippen LogP contribution in [0.1, 0.15) is 96.3 Å². The maximum Gasteiger partial charge on any atom is 0 e. The van der Waals surface area contributed by atoms with Crippen LogP contribution in [-0.4, -0.2) is 27.8 Å². The van der Waals surface area contributed by atoms with Gasteiger partial charge >= 0.3 is 139 Å². The predicted octanol–water partition coefficient (Wildman–Crippen LogP) is 16.0. The van der Waals surface area contributed by atoms with Crippen molar-refractivity contribution in [1.29, 1.82) is 0 Å². The van der Waals surface area contributed by atoms with E-state index in [1.807, 2.05) is 90.2 Å². The second-order valence-electron chi connectivity index (χ2n) is 18.4. The first kappa shape index (κ1) is 38.6. The van der Waals surface area contributed by atoms with Crippen molar-refractivity contribution in [2.24, 2.45) is 5.92 Å². The molecule has 6 aromatic carbocycles. The summed E-state index contributed by atoms with van der Waals surface area (Å²) in [5.74, 6) is 5.40. The summed E-state index contributed by atoms with van der Waals surface area (Å²) in [5, 5.41) is 2.50. The Labute approximate surface area is 412 Å². The third kappa shape index (κ3) is 9.65. The Hall–Kier alpha value is -4.65. The van der Waals surface area contributed by atoms with Crippen LogP contribution in [0, 0.1) is 38.8 Å². The summed E-state index contributed by atoms with van der Waals surface area (Å²) in [6.07, 6.45) is 0.362. The minimum atomic E-state index is -2.32. The molecule has 0 saturated heterocycles. The number of nitrogens with zero attached hydrogens (tertiary/aromatic N) is 3. The molecular weight excluding hydrogens is 1040 g/mol. The zero-order chi connectivity index (χ0) is 50.9. The van der Waals surface area contributed by atoms with Gasteiger partial charge < -0.3 is 4.57 Å². The number of benzene rings is 6. The molecule has 3 nitrogen and oxygen atoms in total. The van der Waals surface area contributed by atoms with Crippen LogP contribution < -0.4 is 4.40 Å². The molecule has 0 amide bonds. The minimum absolute atomic E-state index is 0. The zero-order valence-corrected chi connectivity index (χ0v) is 44.0. The molecule has 64 heavy (non-hydrogen) atoms. The SMILES string of the molecule is [2H]C(C)(C)c1cc(-c2ccccc2)cc(C([2H])(C)C)c1-n1c(-c2[c-]cc(C)c3c2sc2ccc(C)cc23)nc2ccccc21.[2H]C([2H])([2H])c1c[c-]c(-c2cc(C([2H])([2H])C(C)C)[c]([Ge]([CH3])([CH3])[CH3])cn2)cc1.[Ir]. The van der Waals surface area contributed by atoms with E-state index in [0.29, 0.717) is 16.8 Å². The number of imidazole rings is 1. The molecule has 9 rings (SSSR count). The Morgan fingerprint density at radius 3 is 2.11 bits per heavy atom. The van der Waals surface area contributed by atoms with Crippen molar-refractivity contribution in [3.05, 3.63) is 167 Å². The first-order valence-electron chi connectivity index (χ1n) is 25.3. The first-order valence-corrected chi connectivity index (χ1v) is 29.9. The van der Waals surface area contributed by atoms with E-state index in [1.165, 1.54) is 32.7 Å². The molecule has 0 saturated carbocycles. The third-order valence-electron chi connectivity index (χ3n) is 11.4. The van der Waals surface area contributed by atoms with E-state index in [1.54, 1.807) is 23.5 Å². The summed E-state index contributed by atoms with van der Waals surface area (Å²) in [4.78, 5) is 9.82. The molecule has 3 aromatic heterocycles. The van der Waals surface area contributed by atoms with Gasteiger partial charge in [0.05, 0.1) is 16.9 Å². The fourth-order valence-electron chi connectivity index (χ4n) is 8.33. The Balaban J connectivity index is 0.000000236. The van der Waals surface area contributed by atoms with Gasteiger partial charge in [-0.25, -0.2) is 0 Å². The Bertz CT molecular complexity index is 3360. The van der Waals surface area contributed by atoms with Crippen LogP contribution >= 0.6 is 11.3 Å². The van der Waals surface area contributed by atoms with Gasteiger partial charge in [-0.2, -0.15) is 11.3 Å². The number of rotatable bonds is 9. The first-order chi connectivity index (χ1) is 32.7. The number of para-hydroxylation sites is 2. The van der Waals surface area contributed by atoms with Gasteiger partial charge in [0.25, 0.3) is 0 Å². The Morgan fingerprint density at radius 1 is 0.781 bits per heavy atom. The summed E-state index contributed by atoms with van der Waals surface area (Å²) in [5.41, 5.74) is 12.1. The molecule has 1 radical (unpaired) electrons. The van der Waals surface area contributed by atoms with Crippen LogP contribution in [0.15, 0.2) is 121 Å². The number of aromatic nitrogens is 3. The van der Waals surface area contributed by atoms with E-state index in [4.69, 9.17) is 11.8 Å². The fraction of sp³-hybridized carbons (Fsp3) is 0.276. The summed E-state index contributed by atoms with van der Waals surface area (Å²) in [6.45, 7) is 13.6. The van der Waals surface area contributed by atoms with Gasteiger partial charge in [0, 0.05) is 33.2 Å². The number of fused-ring (bicyclic) bond motifs is 4. The molecule has 0 spiro atoms. The van der Waals surface area contributed by atoms with E-state index < -0.39 is 38.3 Å². The molecule has 6 heteroatoms. The van der Waals surface area contributed by atoms with Crippen molar-refractivity contribution in [2.45, 2.75) is 97.7 Å². The fourth-order valence-corrected chi connectivity index (χ4v) is 12.5. The van der Waals surface area contributed by atoms with Crippen molar-refractivity contribution in [3.63, 3.8) is 0 Å². The number of pyridine rings is 1. The van der Waals surface area contributed by atoms with Crippen molar-refractivity contribution in [1.82, 2.24) is 14.5 Å². The Morgan fingerprint density at radius 2 is 1.47 bits per heavy atom. The standard InChI is InChI=1S/C39H35N2S.C19H26GeN.Ir/c1-23(2)30-21-28(27-12-8-7-9-13-27)22-31(24(3)4)37(30)41-34-15-11-10-14-33(34)40-39(41)29-18-17-26(6)36-32-20-25(5)16-19-35(32)42-38(29)36;1-14(2)11-17-12-19(16-9-7-15(3)8-10-16)21-13-18(17)20(4,5)6;/h7-17,19-24H,1-6H3;7-9,12-14H,11H2,1-6H3;/q2*-1;/i23D,24D;3D3,11D2;. The smallest absolute Gasteiger partial charge is 0 e. The molecule has 329 valence electrons. The molecule has 0 bridgehead atoms. The zero-order valence-electron chi connectivity index (χ0n) is 45.7. The summed E-state index contributed by atoms with van der Waals surface area (Å²) < 4.78 is 64.1. The van der Waals surface area contributed by atoms with Gasteiger partial charge in [-0.15, -0.1) is 17.7 Å². The second-order valence-corrected chi connectivity index (χ2v) is 30.0. The van der Waals surface area contributed by atoms with Crippen LogP contribution in [0.2, 0.25) is 17.3 Å².